The molecule has 4 N–H and O–H groups in total. The number of aromatic nitrogens is 1. The van der Waals surface area contributed by atoms with Crippen molar-refractivity contribution >= 4 is 58.5 Å². The number of nitrogens with two attached hydrogens (primary N) is 1. The molecule has 0 bridgehead atoms. The number of aliphatic carboxylic acids is 1. The molecular weight excluding hydrogens is 426 g/mol. The lowest BCUT2D eigenvalue weighted by atomic mass is 10.0. The topological polar surface area (TPSA) is 174 Å². The van der Waals surface area contributed by atoms with Gasteiger partial charge in [-0.05, 0) is 5.57 Å². The van der Waals surface area contributed by atoms with Gasteiger partial charge in [-0.3, -0.25) is 14.4 Å². The average Bonchev–Trinajstić information content (AvgIpc) is 3.12. The van der Waals surface area contributed by atoms with Crippen LogP contribution in [0, 0.1) is 0 Å². The number of hydrogen-bond acceptors (Lipinski definition) is 11. The van der Waals surface area contributed by atoms with Gasteiger partial charge in [0, 0.05) is 18.2 Å². The Morgan fingerprint density at radius 1 is 1.41 bits per heavy atom. The number of carboxylic acid groups (broad SMARTS) is 1. The highest BCUT2D eigenvalue weighted by Gasteiger charge is 2.52. The van der Waals surface area contributed by atoms with Gasteiger partial charge in [-0.2, -0.15) is 12.6 Å². The summed E-state index contributed by atoms with van der Waals surface area (Å²) in [7, 11) is 2.52. The van der Waals surface area contributed by atoms with Crippen LogP contribution in [0.1, 0.15) is 5.69 Å². The van der Waals surface area contributed by atoms with Gasteiger partial charge < -0.3 is 25.7 Å². The zero-order chi connectivity index (χ0) is 21.7. The van der Waals surface area contributed by atoms with Crippen LogP contribution in [0.5, 0.6) is 0 Å². The number of carboxylic acids is 1. The molecule has 1 aromatic rings. The molecule has 0 saturated carbocycles. The zero-order valence-corrected chi connectivity index (χ0v) is 17.0. The van der Waals surface area contributed by atoms with Crippen LogP contribution in [0.25, 0.3) is 0 Å². The monoisotopic (exact) mass is 443 g/mol. The van der Waals surface area contributed by atoms with Gasteiger partial charge in [-0.15, -0.1) is 11.3 Å². The van der Waals surface area contributed by atoms with Crippen LogP contribution in [0.4, 0.5) is 5.13 Å². The molecule has 156 valence electrons. The number of methoxy groups -OCH3 is 1. The number of amides is 3. The Hall–Kier alpha value is -2.97. The van der Waals surface area contributed by atoms with E-state index in [9.17, 15) is 24.3 Å². The van der Waals surface area contributed by atoms with E-state index in [2.05, 4.69) is 32.9 Å². The fourth-order valence-corrected chi connectivity index (χ4v) is 3.20. The quantitative estimate of drug-likeness (QED) is 0.0917. The Morgan fingerprint density at radius 2 is 2.07 bits per heavy atom. The van der Waals surface area contributed by atoms with Gasteiger partial charge in [-0.1, -0.05) is 5.16 Å². The molecule has 14 heteroatoms. The van der Waals surface area contributed by atoms with Gasteiger partial charge in [0.05, 0.1) is 6.61 Å². The molecular formula is C15H17N5O7S2. The van der Waals surface area contributed by atoms with E-state index in [1.54, 1.807) is 0 Å². The van der Waals surface area contributed by atoms with E-state index in [1.165, 1.54) is 19.6 Å². The molecule has 2 heterocycles. The Balaban J connectivity index is 2.23. The van der Waals surface area contributed by atoms with Crippen LogP contribution in [0.15, 0.2) is 21.8 Å². The summed E-state index contributed by atoms with van der Waals surface area (Å²) in [4.78, 5) is 57.8. The van der Waals surface area contributed by atoms with Crippen LogP contribution in [-0.4, -0.2) is 77.0 Å². The van der Waals surface area contributed by atoms with E-state index in [-0.39, 0.29) is 34.5 Å². The minimum absolute atomic E-state index is 0.0561. The summed E-state index contributed by atoms with van der Waals surface area (Å²) in [5, 5.41) is 16.8. The molecule has 1 aliphatic rings. The number of likely N-dealkylation sites (tertiary alicyclic amines) is 1. The molecule has 0 aliphatic carbocycles. The van der Waals surface area contributed by atoms with E-state index in [0.717, 1.165) is 11.3 Å². The van der Waals surface area contributed by atoms with E-state index in [0.29, 0.717) is 4.90 Å². The summed E-state index contributed by atoms with van der Waals surface area (Å²) in [5.41, 5.74) is 4.88. The normalized spacial score (nSPS) is 15.7. The first-order valence-electron chi connectivity index (χ1n) is 7.83. The summed E-state index contributed by atoms with van der Waals surface area (Å²) >= 11 is 5.06. The Bertz CT molecular complexity index is 895. The molecule has 1 fully saturated rings. The number of oxime groups is 1. The van der Waals surface area contributed by atoms with Crippen molar-refractivity contribution in [2.75, 3.05) is 32.3 Å². The van der Waals surface area contributed by atoms with Crippen LogP contribution in [-0.2, 0) is 28.8 Å². The van der Waals surface area contributed by atoms with Crippen molar-refractivity contribution in [2.45, 2.75) is 6.04 Å². The third-order valence-electron chi connectivity index (χ3n) is 3.64. The van der Waals surface area contributed by atoms with Gasteiger partial charge in [0.2, 0.25) is 0 Å². The highest BCUT2D eigenvalue weighted by Crippen LogP contribution is 2.23. The summed E-state index contributed by atoms with van der Waals surface area (Å²) in [6, 6.07) is -1.58. The Morgan fingerprint density at radius 3 is 2.52 bits per heavy atom. The van der Waals surface area contributed by atoms with E-state index in [4.69, 9.17) is 10.5 Å². The molecule has 1 saturated heterocycles. The first-order chi connectivity index (χ1) is 13.8. The fourth-order valence-electron chi connectivity index (χ4n) is 2.41. The average molecular weight is 443 g/mol. The highest BCUT2D eigenvalue weighted by atomic mass is 32.1. The molecule has 2 rings (SSSR count). The molecule has 1 aromatic heterocycles. The number of nitrogen functional groups attached to an aromatic ring is 1. The number of imide groups is 1. The Kier molecular flexibility index (Phi) is 7.30. The van der Waals surface area contributed by atoms with Gasteiger partial charge >= 0.3 is 5.97 Å². The maximum absolute atomic E-state index is 12.5. The van der Waals surface area contributed by atoms with Crippen LogP contribution in [0.3, 0.4) is 0 Å². The molecule has 0 atom stereocenters. The number of carbonyl (C=O) groups is 4. The van der Waals surface area contributed by atoms with Crippen LogP contribution in [0.2, 0.25) is 0 Å². The third kappa shape index (κ3) is 4.55. The lowest BCUT2D eigenvalue weighted by Crippen LogP contribution is -2.68. The van der Waals surface area contributed by atoms with Crippen molar-refractivity contribution in [1.82, 2.24) is 15.2 Å². The molecule has 0 radical (unpaired) electrons. The maximum Gasteiger partial charge on any atom is 0.353 e. The largest absolute Gasteiger partial charge is 0.477 e. The van der Waals surface area contributed by atoms with E-state index >= 15 is 0 Å². The highest BCUT2D eigenvalue weighted by molar-refractivity contribution is 7.80. The van der Waals surface area contributed by atoms with Crippen molar-refractivity contribution in [2.24, 2.45) is 5.16 Å². The fraction of sp³-hybridized carbons (Fsp3) is 0.333. The molecule has 0 spiro atoms. The molecule has 12 nitrogen and oxygen atoms in total. The molecule has 1 aliphatic heterocycles. The van der Waals surface area contributed by atoms with Crippen molar-refractivity contribution in [1.29, 1.82) is 0 Å². The van der Waals surface area contributed by atoms with Crippen LogP contribution < -0.4 is 11.1 Å². The number of nitrogens with one attached hydrogen (secondary N) is 1. The number of thiol groups is 1. The number of carbonyl (C=O) groups excluding carboxylic acids is 3. The van der Waals surface area contributed by atoms with E-state index < -0.39 is 35.4 Å². The van der Waals surface area contributed by atoms with Crippen molar-refractivity contribution in [3.05, 3.63) is 22.3 Å². The predicted octanol–water partition coefficient (Wildman–Crippen LogP) is -1.16. The number of thiazole rings is 1. The number of nitrogens with zero attached hydrogens (tertiary/aromatic N) is 3. The summed E-state index contributed by atoms with van der Waals surface area (Å²) in [6.45, 7) is -0.144. The SMILES string of the molecule is COCC(CS)=C(C(=O)O)N1C(=O)C(NC(=O)/C(=N\OC)c2csc(N)n2)C1=O. The lowest BCUT2D eigenvalue weighted by Gasteiger charge is -2.36. The van der Waals surface area contributed by atoms with Gasteiger partial charge in [0.1, 0.15) is 18.5 Å². The molecule has 0 unspecified atom stereocenters. The minimum atomic E-state index is -1.58. The summed E-state index contributed by atoms with van der Waals surface area (Å²) in [6.07, 6.45) is 0. The zero-order valence-electron chi connectivity index (χ0n) is 15.2. The first-order valence-corrected chi connectivity index (χ1v) is 9.34. The summed E-state index contributed by atoms with van der Waals surface area (Å²) < 4.78 is 4.88. The number of β-lactam (4-membered cyclic amide) rings is 2. The van der Waals surface area contributed by atoms with Gasteiger partial charge in [0.15, 0.2) is 16.9 Å². The van der Waals surface area contributed by atoms with Crippen molar-refractivity contribution < 1.29 is 33.9 Å². The number of ether oxygens (including phenoxy) is 1. The standard InChI is InChI=1S/C15H17N5O7S2/c1-26-3-6(4-28)10(14(24)25)20-12(22)9(13(20)23)18-11(21)8(19-27-2)7-5-29-15(16)17-7/h5,9,28H,3-4H2,1-2H3,(H2,16,17)(H,18,21)(H,24,25)/b10-6?,19-8-. The summed E-state index contributed by atoms with van der Waals surface area (Å²) in [5.74, 6) is -4.33. The Labute approximate surface area is 173 Å². The van der Waals surface area contributed by atoms with Crippen molar-refractivity contribution in [3.63, 3.8) is 0 Å². The molecule has 0 aromatic carbocycles. The third-order valence-corrected chi connectivity index (χ3v) is 4.70. The molecule has 3 amide bonds. The predicted molar refractivity (Wildman–Crippen MR) is 104 cm³/mol. The first kappa shape index (κ1) is 22.3. The number of rotatable bonds is 9. The number of hydrogen-bond donors (Lipinski definition) is 4. The smallest absolute Gasteiger partial charge is 0.353 e. The number of anilines is 1. The van der Waals surface area contributed by atoms with Crippen molar-refractivity contribution in [3.8, 4) is 0 Å². The maximum atomic E-state index is 12.5. The van der Waals surface area contributed by atoms with Crippen LogP contribution >= 0.6 is 24.0 Å². The van der Waals surface area contributed by atoms with Gasteiger partial charge in [0.25, 0.3) is 17.7 Å². The minimum Gasteiger partial charge on any atom is -0.477 e. The second-order valence-corrected chi connectivity index (χ2v) is 6.67. The molecule has 29 heavy (non-hydrogen) atoms. The lowest BCUT2D eigenvalue weighted by molar-refractivity contribution is -0.162. The second-order valence-electron chi connectivity index (χ2n) is 5.46. The second kappa shape index (κ2) is 9.49. The van der Waals surface area contributed by atoms with Gasteiger partial charge in [-0.25, -0.2) is 14.7 Å². The van der Waals surface area contributed by atoms with E-state index in [1.807, 2.05) is 0 Å².